The molecular formula is C16H14ClN3. The van der Waals surface area contributed by atoms with Crippen LogP contribution in [-0.4, -0.2) is 14.8 Å². The summed E-state index contributed by atoms with van der Waals surface area (Å²) >= 11 is 6.21. The van der Waals surface area contributed by atoms with Gasteiger partial charge in [0.15, 0.2) is 5.82 Å². The second-order valence-corrected chi connectivity index (χ2v) is 5.10. The van der Waals surface area contributed by atoms with Crippen molar-refractivity contribution >= 4 is 11.6 Å². The van der Waals surface area contributed by atoms with Crippen molar-refractivity contribution in [3.8, 4) is 17.1 Å². The molecule has 100 valence electrons. The topological polar surface area (TPSA) is 30.7 Å². The Morgan fingerprint density at radius 2 is 1.65 bits per heavy atom. The summed E-state index contributed by atoms with van der Waals surface area (Å²) in [5.41, 5.74) is 4.24. The summed E-state index contributed by atoms with van der Waals surface area (Å²) in [6.07, 6.45) is 0. The average Bonchev–Trinajstić information content (AvgIpc) is 2.82. The van der Waals surface area contributed by atoms with Gasteiger partial charge in [-0.2, -0.15) is 4.98 Å². The molecule has 1 heterocycles. The van der Waals surface area contributed by atoms with E-state index in [0.717, 1.165) is 16.8 Å². The average molecular weight is 284 g/mol. The number of benzene rings is 2. The standard InChI is InChI=1S/C16H14ClN3/c1-11-7-9-13(10-8-11)20-16(17)18-15(19-20)14-6-4-3-5-12(14)2/h3-10H,1-2H3. The molecule has 0 N–H and O–H groups in total. The predicted molar refractivity (Wildman–Crippen MR) is 81.3 cm³/mol. The largest absolute Gasteiger partial charge is 0.226 e. The van der Waals surface area contributed by atoms with E-state index < -0.39 is 0 Å². The lowest BCUT2D eigenvalue weighted by Crippen LogP contribution is -1.96. The number of nitrogens with zero attached hydrogens (tertiary/aromatic N) is 3. The van der Waals surface area contributed by atoms with Crippen LogP contribution in [0.15, 0.2) is 48.5 Å². The summed E-state index contributed by atoms with van der Waals surface area (Å²) in [5.74, 6) is 0.647. The van der Waals surface area contributed by atoms with Crippen molar-refractivity contribution < 1.29 is 0 Å². The third-order valence-corrected chi connectivity index (χ3v) is 3.48. The highest BCUT2D eigenvalue weighted by atomic mass is 35.5. The Morgan fingerprint density at radius 1 is 0.950 bits per heavy atom. The summed E-state index contributed by atoms with van der Waals surface area (Å²) in [5, 5.41) is 4.88. The highest BCUT2D eigenvalue weighted by molar-refractivity contribution is 6.28. The van der Waals surface area contributed by atoms with Crippen molar-refractivity contribution in [2.45, 2.75) is 13.8 Å². The minimum atomic E-state index is 0.368. The van der Waals surface area contributed by atoms with E-state index in [0.29, 0.717) is 11.1 Å². The van der Waals surface area contributed by atoms with E-state index in [4.69, 9.17) is 11.6 Å². The Kier molecular flexibility index (Phi) is 3.28. The van der Waals surface area contributed by atoms with Crippen LogP contribution >= 0.6 is 11.6 Å². The minimum Gasteiger partial charge on any atom is -0.203 e. The van der Waals surface area contributed by atoms with Gasteiger partial charge in [0, 0.05) is 5.56 Å². The maximum Gasteiger partial charge on any atom is 0.226 e. The molecule has 0 amide bonds. The van der Waals surface area contributed by atoms with Gasteiger partial charge >= 0.3 is 0 Å². The summed E-state index contributed by atoms with van der Waals surface area (Å²) in [4.78, 5) is 4.36. The van der Waals surface area contributed by atoms with E-state index in [1.54, 1.807) is 4.68 Å². The van der Waals surface area contributed by atoms with Gasteiger partial charge in [0.25, 0.3) is 0 Å². The monoisotopic (exact) mass is 283 g/mol. The Balaban J connectivity index is 2.08. The molecule has 0 aliphatic carbocycles. The van der Waals surface area contributed by atoms with Crippen LogP contribution in [0.5, 0.6) is 0 Å². The number of aryl methyl sites for hydroxylation is 2. The molecule has 1 aromatic heterocycles. The molecule has 0 radical (unpaired) electrons. The van der Waals surface area contributed by atoms with E-state index in [-0.39, 0.29) is 0 Å². The first-order chi connectivity index (χ1) is 9.65. The lowest BCUT2D eigenvalue weighted by Gasteiger charge is -2.02. The predicted octanol–water partition coefficient (Wildman–Crippen LogP) is 4.20. The first kappa shape index (κ1) is 12.9. The number of hydrogen-bond acceptors (Lipinski definition) is 2. The Morgan fingerprint density at radius 3 is 2.35 bits per heavy atom. The van der Waals surface area contributed by atoms with Crippen molar-refractivity contribution in [1.29, 1.82) is 0 Å². The Hall–Kier alpha value is -2.13. The molecule has 0 saturated carbocycles. The lowest BCUT2D eigenvalue weighted by molar-refractivity contribution is 0.882. The third-order valence-electron chi connectivity index (χ3n) is 3.23. The molecule has 0 bridgehead atoms. The lowest BCUT2D eigenvalue weighted by atomic mass is 10.1. The van der Waals surface area contributed by atoms with Crippen molar-refractivity contribution in [1.82, 2.24) is 14.8 Å². The summed E-state index contributed by atoms with van der Waals surface area (Å²) in [6, 6.07) is 16.0. The van der Waals surface area contributed by atoms with E-state index in [9.17, 15) is 0 Å². The molecule has 0 atom stereocenters. The first-order valence-corrected chi connectivity index (χ1v) is 6.78. The summed E-state index contributed by atoms with van der Waals surface area (Å²) < 4.78 is 1.66. The van der Waals surface area contributed by atoms with Gasteiger partial charge in [0.2, 0.25) is 5.28 Å². The number of hydrogen-bond donors (Lipinski definition) is 0. The maximum absolute atomic E-state index is 6.21. The molecule has 4 heteroatoms. The molecule has 0 unspecified atom stereocenters. The maximum atomic E-state index is 6.21. The highest BCUT2D eigenvalue weighted by Gasteiger charge is 2.12. The van der Waals surface area contributed by atoms with Crippen LogP contribution in [0.25, 0.3) is 17.1 Å². The summed E-state index contributed by atoms with van der Waals surface area (Å²) in [6.45, 7) is 4.08. The van der Waals surface area contributed by atoms with Crippen molar-refractivity contribution in [3.05, 3.63) is 64.9 Å². The molecule has 0 saturated heterocycles. The molecule has 0 aliphatic rings. The fourth-order valence-corrected chi connectivity index (χ4v) is 2.30. The molecule has 0 aliphatic heterocycles. The molecule has 2 aromatic carbocycles. The third kappa shape index (κ3) is 2.32. The van der Waals surface area contributed by atoms with Crippen LogP contribution in [0.3, 0.4) is 0 Å². The second kappa shape index (κ2) is 5.10. The van der Waals surface area contributed by atoms with E-state index >= 15 is 0 Å². The fraction of sp³-hybridized carbons (Fsp3) is 0.125. The minimum absolute atomic E-state index is 0.368. The van der Waals surface area contributed by atoms with Crippen LogP contribution in [0.2, 0.25) is 5.28 Å². The Labute approximate surface area is 122 Å². The molecule has 20 heavy (non-hydrogen) atoms. The van der Waals surface area contributed by atoms with Gasteiger partial charge in [-0.25, -0.2) is 4.68 Å². The van der Waals surface area contributed by atoms with Crippen molar-refractivity contribution in [2.24, 2.45) is 0 Å². The molecule has 3 aromatic rings. The smallest absolute Gasteiger partial charge is 0.203 e. The van der Waals surface area contributed by atoms with Gasteiger partial charge < -0.3 is 0 Å². The molecule has 0 fully saturated rings. The van der Waals surface area contributed by atoms with Crippen LogP contribution in [-0.2, 0) is 0 Å². The SMILES string of the molecule is Cc1ccc(-n2nc(-c3ccccc3C)nc2Cl)cc1. The van der Waals surface area contributed by atoms with Crippen LogP contribution in [0, 0.1) is 13.8 Å². The van der Waals surface area contributed by atoms with Crippen LogP contribution in [0.4, 0.5) is 0 Å². The van der Waals surface area contributed by atoms with Crippen molar-refractivity contribution in [3.63, 3.8) is 0 Å². The zero-order chi connectivity index (χ0) is 14.1. The molecule has 0 spiro atoms. The van der Waals surface area contributed by atoms with E-state index in [1.165, 1.54) is 5.56 Å². The fourth-order valence-electron chi connectivity index (χ4n) is 2.08. The molecule has 3 rings (SSSR count). The molecule has 3 nitrogen and oxygen atoms in total. The van der Waals surface area contributed by atoms with E-state index in [1.807, 2.05) is 62.4 Å². The van der Waals surface area contributed by atoms with Gasteiger partial charge in [-0.05, 0) is 43.1 Å². The second-order valence-electron chi connectivity index (χ2n) is 4.77. The van der Waals surface area contributed by atoms with Gasteiger partial charge in [-0.3, -0.25) is 0 Å². The quantitative estimate of drug-likeness (QED) is 0.705. The van der Waals surface area contributed by atoms with Gasteiger partial charge in [-0.15, -0.1) is 5.10 Å². The first-order valence-electron chi connectivity index (χ1n) is 6.41. The number of rotatable bonds is 2. The zero-order valence-electron chi connectivity index (χ0n) is 11.3. The van der Waals surface area contributed by atoms with E-state index in [2.05, 4.69) is 10.1 Å². The van der Waals surface area contributed by atoms with Crippen LogP contribution < -0.4 is 0 Å². The normalized spacial score (nSPS) is 10.8. The number of halogens is 1. The summed E-state index contributed by atoms with van der Waals surface area (Å²) in [7, 11) is 0. The highest BCUT2D eigenvalue weighted by Crippen LogP contribution is 2.23. The zero-order valence-corrected chi connectivity index (χ0v) is 12.1. The number of aromatic nitrogens is 3. The van der Waals surface area contributed by atoms with Crippen LogP contribution in [0.1, 0.15) is 11.1 Å². The molecular weight excluding hydrogens is 270 g/mol. The van der Waals surface area contributed by atoms with Gasteiger partial charge in [0.1, 0.15) is 0 Å². The van der Waals surface area contributed by atoms with Gasteiger partial charge in [-0.1, -0.05) is 42.0 Å². The Bertz CT molecular complexity index is 745. The van der Waals surface area contributed by atoms with Gasteiger partial charge in [0.05, 0.1) is 5.69 Å². The van der Waals surface area contributed by atoms with Crippen molar-refractivity contribution in [2.75, 3.05) is 0 Å².